The van der Waals surface area contributed by atoms with Gasteiger partial charge in [0.15, 0.2) is 0 Å². The van der Waals surface area contributed by atoms with Crippen molar-refractivity contribution in [3.05, 3.63) is 46.7 Å². The molecule has 0 amide bonds. The molecule has 23 heavy (non-hydrogen) atoms. The maximum absolute atomic E-state index is 12.5. The van der Waals surface area contributed by atoms with Crippen LogP contribution in [0.2, 0.25) is 0 Å². The molecule has 0 spiro atoms. The second-order valence-electron chi connectivity index (χ2n) is 5.21. The first-order chi connectivity index (χ1) is 10.8. The van der Waals surface area contributed by atoms with E-state index >= 15 is 0 Å². The highest BCUT2D eigenvalue weighted by Crippen LogP contribution is 2.24. The normalized spacial score (nSPS) is 13.5. The molecule has 126 valence electrons. The summed E-state index contributed by atoms with van der Waals surface area (Å²) in [5, 5.41) is 5.21. The van der Waals surface area contributed by atoms with E-state index in [1.807, 2.05) is 25.5 Å². The Morgan fingerprint density at radius 3 is 2.30 bits per heavy atom. The highest BCUT2D eigenvalue weighted by atomic mass is 32.2. The number of hydrogen-bond donors (Lipinski definition) is 1. The van der Waals surface area contributed by atoms with Gasteiger partial charge < -0.3 is 10.2 Å². The lowest BCUT2D eigenvalue weighted by atomic mass is 10.2. The number of nitrogens with zero attached hydrogens (tertiary/aromatic N) is 1. The van der Waals surface area contributed by atoms with Gasteiger partial charge in [-0.2, -0.15) is 8.78 Å². The van der Waals surface area contributed by atoms with E-state index in [1.165, 1.54) is 29.1 Å². The summed E-state index contributed by atoms with van der Waals surface area (Å²) in [6, 6.07) is 9.58. The first-order valence-electron chi connectivity index (χ1n) is 6.88. The Morgan fingerprint density at radius 1 is 1.17 bits per heavy atom. The van der Waals surface area contributed by atoms with Gasteiger partial charge in [-0.25, -0.2) is 8.42 Å². The largest absolute Gasteiger partial charge is 0.383 e. The number of nitrogens with one attached hydrogen (secondary N) is 1. The Morgan fingerprint density at radius 2 is 1.83 bits per heavy atom. The van der Waals surface area contributed by atoms with Crippen LogP contribution in [0.1, 0.15) is 10.9 Å². The first kappa shape index (κ1) is 17.8. The molecule has 1 heterocycles. The van der Waals surface area contributed by atoms with Crippen molar-refractivity contribution < 1.29 is 17.2 Å². The van der Waals surface area contributed by atoms with Crippen LogP contribution in [-0.2, 0) is 9.84 Å². The molecule has 1 aromatic carbocycles. The molecular weight excluding hydrogens is 342 g/mol. The van der Waals surface area contributed by atoms with Crippen LogP contribution in [-0.4, -0.2) is 39.7 Å². The number of hydrogen-bond acceptors (Lipinski definition) is 5. The SMILES string of the molecule is CN(C)[C@H](CNc1ccc(S(=O)(=O)C(F)F)cc1)c1cccs1. The molecule has 0 bridgehead atoms. The van der Waals surface area contributed by atoms with Crippen molar-refractivity contribution in [2.75, 3.05) is 26.0 Å². The molecule has 1 N–H and O–H groups in total. The molecule has 0 saturated carbocycles. The first-order valence-corrected chi connectivity index (χ1v) is 9.31. The van der Waals surface area contributed by atoms with Crippen molar-refractivity contribution in [3.63, 3.8) is 0 Å². The van der Waals surface area contributed by atoms with E-state index in [4.69, 9.17) is 0 Å². The molecule has 0 fully saturated rings. The van der Waals surface area contributed by atoms with Crippen molar-refractivity contribution in [1.29, 1.82) is 0 Å². The van der Waals surface area contributed by atoms with Crippen LogP contribution < -0.4 is 5.32 Å². The van der Waals surface area contributed by atoms with Gasteiger partial charge in [0.1, 0.15) is 0 Å². The molecule has 4 nitrogen and oxygen atoms in total. The van der Waals surface area contributed by atoms with Crippen LogP contribution in [0.15, 0.2) is 46.7 Å². The van der Waals surface area contributed by atoms with E-state index in [2.05, 4.69) is 16.3 Å². The highest BCUT2D eigenvalue weighted by Gasteiger charge is 2.26. The number of thiophene rings is 1. The van der Waals surface area contributed by atoms with Gasteiger partial charge in [0, 0.05) is 17.1 Å². The molecule has 0 aliphatic heterocycles. The second kappa shape index (κ2) is 7.37. The Bertz CT molecular complexity index is 714. The van der Waals surface area contributed by atoms with Crippen LogP contribution in [0.3, 0.4) is 0 Å². The van der Waals surface area contributed by atoms with Crippen LogP contribution in [0.25, 0.3) is 0 Å². The molecule has 2 rings (SSSR count). The van der Waals surface area contributed by atoms with Crippen molar-refractivity contribution in [2.24, 2.45) is 0 Å². The Labute approximate surface area is 138 Å². The minimum Gasteiger partial charge on any atom is -0.383 e. The lowest BCUT2D eigenvalue weighted by Gasteiger charge is -2.24. The van der Waals surface area contributed by atoms with Gasteiger partial charge in [0.05, 0.1) is 10.9 Å². The smallest absolute Gasteiger partial charge is 0.341 e. The number of likely N-dealkylation sites (N-methyl/N-ethyl adjacent to an activating group) is 1. The summed E-state index contributed by atoms with van der Waals surface area (Å²) in [5.74, 6) is -3.40. The third-order valence-corrected chi connectivity index (χ3v) is 5.78. The Kier molecular flexibility index (Phi) is 5.72. The number of benzene rings is 1. The summed E-state index contributed by atoms with van der Waals surface area (Å²) in [6.07, 6.45) is 0. The zero-order valence-electron chi connectivity index (χ0n) is 12.7. The standard InChI is InChI=1S/C15H18F2N2O2S2/c1-19(2)13(14-4-3-9-22-14)10-18-11-5-7-12(8-6-11)23(20,21)15(16)17/h3-9,13,15,18H,10H2,1-2H3/t13-/m1/s1. The number of halogens is 2. The van der Waals surface area contributed by atoms with Gasteiger partial charge >= 0.3 is 5.76 Å². The molecule has 0 radical (unpaired) electrons. The van der Waals surface area contributed by atoms with Crippen LogP contribution in [0.4, 0.5) is 14.5 Å². The molecule has 1 atom stereocenters. The predicted molar refractivity (Wildman–Crippen MR) is 88.9 cm³/mol. The molecule has 8 heteroatoms. The number of rotatable bonds is 7. The third kappa shape index (κ3) is 4.27. The van der Waals surface area contributed by atoms with Crippen LogP contribution in [0, 0.1) is 0 Å². The van der Waals surface area contributed by atoms with E-state index in [0.717, 1.165) is 0 Å². The minimum atomic E-state index is -4.54. The van der Waals surface area contributed by atoms with Gasteiger partial charge in [0.2, 0.25) is 9.84 Å². The van der Waals surface area contributed by atoms with Gasteiger partial charge in [0.25, 0.3) is 0 Å². The number of anilines is 1. The molecule has 0 aliphatic carbocycles. The topological polar surface area (TPSA) is 49.4 Å². The quantitative estimate of drug-likeness (QED) is 0.822. The zero-order chi connectivity index (χ0) is 17.0. The molecule has 0 unspecified atom stereocenters. The van der Waals surface area contributed by atoms with Crippen LogP contribution in [0.5, 0.6) is 0 Å². The summed E-state index contributed by atoms with van der Waals surface area (Å²) in [6.45, 7) is 0.620. The Balaban J connectivity index is 2.07. The van der Waals surface area contributed by atoms with E-state index < -0.39 is 15.6 Å². The predicted octanol–water partition coefficient (Wildman–Crippen LogP) is 3.46. The average Bonchev–Trinajstić information content (AvgIpc) is 3.01. The minimum absolute atomic E-state index is 0.166. The second-order valence-corrected chi connectivity index (χ2v) is 8.10. The Hall–Kier alpha value is -1.51. The van der Waals surface area contributed by atoms with Crippen molar-refractivity contribution in [3.8, 4) is 0 Å². The lowest BCUT2D eigenvalue weighted by molar-refractivity contribution is 0.234. The fourth-order valence-electron chi connectivity index (χ4n) is 2.10. The van der Waals surface area contributed by atoms with Crippen molar-refractivity contribution >= 4 is 26.9 Å². The molecule has 1 aromatic heterocycles. The monoisotopic (exact) mass is 360 g/mol. The van der Waals surface area contributed by atoms with Crippen molar-refractivity contribution in [1.82, 2.24) is 4.90 Å². The summed E-state index contributed by atoms with van der Waals surface area (Å²) in [4.78, 5) is 2.91. The highest BCUT2D eigenvalue weighted by molar-refractivity contribution is 7.91. The summed E-state index contributed by atoms with van der Waals surface area (Å²) in [7, 11) is -0.588. The maximum Gasteiger partial charge on any atom is 0.341 e. The van der Waals surface area contributed by atoms with Gasteiger partial charge in [-0.05, 0) is 49.8 Å². The fourth-order valence-corrected chi connectivity index (χ4v) is 3.74. The average molecular weight is 360 g/mol. The van der Waals surface area contributed by atoms with E-state index in [-0.39, 0.29) is 10.9 Å². The van der Waals surface area contributed by atoms with Gasteiger partial charge in [-0.3, -0.25) is 0 Å². The number of alkyl halides is 2. The molecular formula is C15H18F2N2O2S2. The van der Waals surface area contributed by atoms with Crippen LogP contribution >= 0.6 is 11.3 Å². The number of sulfone groups is 1. The van der Waals surface area contributed by atoms with E-state index in [1.54, 1.807) is 11.3 Å². The maximum atomic E-state index is 12.5. The molecule has 0 saturated heterocycles. The van der Waals surface area contributed by atoms with E-state index in [0.29, 0.717) is 12.2 Å². The summed E-state index contributed by atoms with van der Waals surface area (Å²) in [5.41, 5.74) is 0.682. The molecule has 0 aliphatic rings. The summed E-state index contributed by atoms with van der Waals surface area (Å²) < 4.78 is 47.7. The third-order valence-electron chi connectivity index (χ3n) is 3.41. The van der Waals surface area contributed by atoms with Gasteiger partial charge in [-0.1, -0.05) is 6.07 Å². The van der Waals surface area contributed by atoms with Crippen molar-refractivity contribution in [2.45, 2.75) is 16.7 Å². The van der Waals surface area contributed by atoms with E-state index in [9.17, 15) is 17.2 Å². The van der Waals surface area contributed by atoms with Gasteiger partial charge in [-0.15, -0.1) is 11.3 Å². The molecule has 2 aromatic rings. The zero-order valence-corrected chi connectivity index (χ0v) is 14.4. The lowest BCUT2D eigenvalue weighted by Crippen LogP contribution is -2.26. The fraction of sp³-hybridized carbons (Fsp3) is 0.333. The summed E-state index contributed by atoms with van der Waals surface area (Å²) >= 11 is 1.66.